The Bertz CT molecular complexity index is 903. The van der Waals surface area contributed by atoms with Gasteiger partial charge in [0.2, 0.25) is 0 Å². The first kappa shape index (κ1) is 18.9. The standard InChI is InChI=1S/C19H14Br2N2O2S/c1-2-8-23-18(25)16(11-12-9-14(20)17(24)15(21)10-12)26-19(23)22-13-6-4-3-5-7-13/h2-7,9-11,24H,1,8H2/b16-11+,22-19?. The normalized spacial score (nSPS) is 17.3. The van der Waals surface area contributed by atoms with Crippen molar-refractivity contribution in [2.75, 3.05) is 6.54 Å². The quantitative estimate of drug-likeness (QED) is 0.438. The summed E-state index contributed by atoms with van der Waals surface area (Å²) in [6.07, 6.45) is 3.46. The maximum Gasteiger partial charge on any atom is 0.267 e. The minimum Gasteiger partial charge on any atom is -0.506 e. The second-order valence-electron chi connectivity index (χ2n) is 5.38. The summed E-state index contributed by atoms with van der Waals surface area (Å²) in [6, 6.07) is 13.0. The Balaban J connectivity index is 1.98. The summed E-state index contributed by atoms with van der Waals surface area (Å²) >= 11 is 7.93. The zero-order valence-electron chi connectivity index (χ0n) is 13.5. The number of para-hydroxylation sites is 1. The molecule has 2 aromatic carbocycles. The first-order valence-electron chi connectivity index (χ1n) is 7.63. The number of amidine groups is 1. The van der Waals surface area contributed by atoms with Crippen LogP contribution in [0.15, 0.2) is 74.0 Å². The predicted octanol–water partition coefficient (Wildman–Crippen LogP) is 5.71. The van der Waals surface area contributed by atoms with Crippen molar-refractivity contribution in [3.05, 3.63) is 74.5 Å². The number of carbonyl (C=O) groups excluding carboxylic acids is 1. The molecule has 0 saturated carbocycles. The van der Waals surface area contributed by atoms with Gasteiger partial charge in [-0.3, -0.25) is 9.69 Å². The molecule has 26 heavy (non-hydrogen) atoms. The lowest BCUT2D eigenvalue weighted by Crippen LogP contribution is -2.29. The Morgan fingerprint density at radius 3 is 2.46 bits per heavy atom. The van der Waals surface area contributed by atoms with Gasteiger partial charge >= 0.3 is 0 Å². The molecule has 0 bridgehead atoms. The number of amides is 1. The van der Waals surface area contributed by atoms with E-state index >= 15 is 0 Å². The Kier molecular flexibility index (Phi) is 6.01. The van der Waals surface area contributed by atoms with Gasteiger partial charge in [-0.25, -0.2) is 4.99 Å². The minimum atomic E-state index is -0.120. The van der Waals surface area contributed by atoms with Crippen LogP contribution in [-0.4, -0.2) is 27.6 Å². The molecule has 3 rings (SSSR count). The monoisotopic (exact) mass is 492 g/mol. The number of phenolic OH excluding ortho intramolecular Hbond substituents is 1. The van der Waals surface area contributed by atoms with Gasteiger partial charge in [0.25, 0.3) is 5.91 Å². The number of aliphatic imine (C=N–C) groups is 1. The number of halogens is 2. The third-order valence-corrected chi connectivity index (χ3v) is 5.73. The molecule has 0 aliphatic carbocycles. The number of benzene rings is 2. The summed E-state index contributed by atoms with van der Waals surface area (Å²) < 4.78 is 1.10. The summed E-state index contributed by atoms with van der Waals surface area (Å²) in [4.78, 5) is 19.5. The van der Waals surface area contributed by atoms with Gasteiger partial charge < -0.3 is 5.11 Å². The van der Waals surface area contributed by atoms with Crippen molar-refractivity contribution in [3.8, 4) is 5.75 Å². The molecular weight excluding hydrogens is 480 g/mol. The summed E-state index contributed by atoms with van der Waals surface area (Å²) in [5.74, 6) is 0.00191. The lowest BCUT2D eigenvalue weighted by Gasteiger charge is -2.12. The van der Waals surface area contributed by atoms with Gasteiger partial charge in [-0.05, 0) is 79.5 Å². The first-order valence-corrected chi connectivity index (χ1v) is 10.0. The minimum absolute atomic E-state index is 0.120. The molecule has 1 aliphatic rings. The zero-order chi connectivity index (χ0) is 18.7. The number of nitrogens with zero attached hydrogens (tertiary/aromatic N) is 2. The van der Waals surface area contributed by atoms with E-state index in [0.29, 0.717) is 25.6 Å². The van der Waals surface area contributed by atoms with Gasteiger partial charge in [-0.2, -0.15) is 0 Å². The maximum atomic E-state index is 12.8. The van der Waals surface area contributed by atoms with Crippen molar-refractivity contribution >= 4 is 66.5 Å². The molecule has 7 heteroatoms. The van der Waals surface area contributed by atoms with Crippen molar-refractivity contribution in [2.45, 2.75) is 0 Å². The highest BCUT2D eigenvalue weighted by Gasteiger charge is 2.32. The fourth-order valence-electron chi connectivity index (χ4n) is 2.31. The van der Waals surface area contributed by atoms with Crippen molar-refractivity contribution in [3.63, 3.8) is 0 Å². The SMILES string of the molecule is C=CCN1C(=O)/C(=C\c2cc(Br)c(O)c(Br)c2)SC1=Nc1ccccc1. The number of rotatable bonds is 4. The van der Waals surface area contributed by atoms with Crippen LogP contribution >= 0.6 is 43.6 Å². The van der Waals surface area contributed by atoms with E-state index < -0.39 is 0 Å². The van der Waals surface area contributed by atoms with Crippen LogP contribution in [-0.2, 0) is 4.79 Å². The molecule has 0 atom stereocenters. The van der Waals surface area contributed by atoms with Crippen LogP contribution in [0.25, 0.3) is 6.08 Å². The van der Waals surface area contributed by atoms with Gasteiger partial charge in [0, 0.05) is 6.54 Å². The molecule has 0 unspecified atom stereocenters. The highest BCUT2D eigenvalue weighted by atomic mass is 79.9. The number of aromatic hydroxyl groups is 1. The molecule has 1 amide bonds. The molecule has 2 aromatic rings. The number of phenols is 1. The molecular formula is C19H14Br2N2O2S. The van der Waals surface area contributed by atoms with E-state index in [9.17, 15) is 9.90 Å². The van der Waals surface area contributed by atoms with Crippen molar-refractivity contribution in [2.24, 2.45) is 4.99 Å². The third kappa shape index (κ3) is 4.11. The van der Waals surface area contributed by atoms with Gasteiger partial charge in [-0.15, -0.1) is 6.58 Å². The summed E-state index contributed by atoms with van der Waals surface area (Å²) in [7, 11) is 0. The maximum absolute atomic E-state index is 12.8. The van der Waals surface area contributed by atoms with Crippen LogP contribution in [0.2, 0.25) is 0 Å². The van der Waals surface area contributed by atoms with E-state index in [-0.39, 0.29) is 11.7 Å². The third-order valence-electron chi connectivity index (χ3n) is 3.52. The van der Waals surface area contributed by atoms with Crippen molar-refractivity contribution < 1.29 is 9.90 Å². The van der Waals surface area contributed by atoms with Crippen molar-refractivity contribution in [1.29, 1.82) is 0 Å². The Hall–Kier alpha value is -1.83. The second-order valence-corrected chi connectivity index (χ2v) is 8.10. The van der Waals surface area contributed by atoms with Crippen molar-refractivity contribution in [1.82, 2.24) is 4.90 Å². The fraction of sp³-hybridized carbons (Fsp3) is 0.0526. The second kappa shape index (κ2) is 8.24. The van der Waals surface area contributed by atoms with Gasteiger partial charge in [0.1, 0.15) is 5.75 Å². The predicted molar refractivity (Wildman–Crippen MR) is 115 cm³/mol. The van der Waals surface area contributed by atoms with Crippen LogP contribution < -0.4 is 0 Å². The lowest BCUT2D eigenvalue weighted by molar-refractivity contribution is -0.121. The van der Waals surface area contributed by atoms with Crippen LogP contribution in [0.4, 0.5) is 5.69 Å². The smallest absolute Gasteiger partial charge is 0.267 e. The molecule has 1 saturated heterocycles. The molecule has 1 aliphatic heterocycles. The molecule has 1 N–H and O–H groups in total. The first-order chi connectivity index (χ1) is 12.5. The summed E-state index contributed by atoms with van der Waals surface area (Å²) in [5.41, 5.74) is 1.57. The van der Waals surface area contributed by atoms with Crippen LogP contribution in [0, 0.1) is 0 Å². The molecule has 1 heterocycles. The van der Waals surface area contributed by atoms with Gasteiger partial charge in [0.15, 0.2) is 5.17 Å². The van der Waals surface area contributed by atoms with Crippen LogP contribution in [0.3, 0.4) is 0 Å². The number of carbonyl (C=O) groups is 1. The number of thioether (sulfide) groups is 1. The van der Waals surface area contributed by atoms with E-state index in [0.717, 1.165) is 11.3 Å². The molecule has 0 spiro atoms. The molecule has 4 nitrogen and oxygen atoms in total. The van der Waals surface area contributed by atoms with Gasteiger partial charge in [0.05, 0.1) is 19.5 Å². The molecule has 0 radical (unpaired) electrons. The Labute approximate surface area is 172 Å². The molecule has 1 fully saturated rings. The van der Waals surface area contributed by atoms with Crippen LogP contribution in [0.1, 0.15) is 5.56 Å². The van der Waals surface area contributed by atoms with E-state index in [2.05, 4.69) is 43.4 Å². The number of hydrogen-bond acceptors (Lipinski definition) is 4. The fourth-order valence-corrected chi connectivity index (χ4v) is 4.54. The Morgan fingerprint density at radius 1 is 1.19 bits per heavy atom. The molecule has 132 valence electrons. The van der Waals surface area contributed by atoms with Gasteiger partial charge in [-0.1, -0.05) is 24.3 Å². The topological polar surface area (TPSA) is 52.9 Å². The highest BCUT2D eigenvalue weighted by molar-refractivity contribution is 9.11. The average molecular weight is 494 g/mol. The number of hydrogen-bond donors (Lipinski definition) is 1. The molecule has 0 aromatic heterocycles. The zero-order valence-corrected chi connectivity index (χ0v) is 17.5. The highest BCUT2D eigenvalue weighted by Crippen LogP contribution is 2.37. The van der Waals surface area contributed by atoms with E-state index in [1.807, 2.05) is 30.3 Å². The lowest BCUT2D eigenvalue weighted by atomic mass is 10.2. The van der Waals surface area contributed by atoms with E-state index in [1.165, 1.54) is 11.8 Å². The Morgan fingerprint density at radius 2 is 1.85 bits per heavy atom. The average Bonchev–Trinajstić information content (AvgIpc) is 2.90. The largest absolute Gasteiger partial charge is 0.506 e. The van der Waals surface area contributed by atoms with Crippen LogP contribution in [0.5, 0.6) is 5.75 Å². The summed E-state index contributed by atoms with van der Waals surface area (Å²) in [5, 5.41) is 10.5. The van der Waals surface area contributed by atoms with E-state index in [4.69, 9.17) is 0 Å². The summed E-state index contributed by atoms with van der Waals surface area (Å²) in [6.45, 7) is 4.11. The van der Waals surface area contributed by atoms with E-state index in [1.54, 1.807) is 29.2 Å².